The number of carbonyl (C=O) groups excluding carboxylic acids is 1. The predicted molar refractivity (Wildman–Crippen MR) is 124 cm³/mol. The second-order valence-corrected chi connectivity index (χ2v) is 9.65. The Bertz CT molecular complexity index is 826. The first kappa shape index (κ1) is 23.7. The normalized spacial score (nSPS) is 14.7. The maximum Gasteiger partial charge on any atom is 0.223 e. The quantitative estimate of drug-likeness (QED) is 0.552. The van der Waals surface area contributed by atoms with E-state index in [2.05, 4.69) is 38.7 Å². The Balaban J connectivity index is 1.57. The van der Waals surface area contributed by atoms with E-state index >= 15 is 0 Å². The van der Waals surface area contributed by atoms with Crippen molar-refractivity contribution in [2.45, 2.75) is 47.3 Å². The minimum absolute atomic E-state index is 0.198. The van der Waals surface area contributed by atoms with Gasteiger partial charge in [0.05, 0.1) is 25.5 Å². The van der Waals surface area contributed by atoms with E-state index in [0.717, 1.165) is 55.8 Å². The Morgan fingerprint density at radius 2 is 1.94 bits per heavy atom. The molecular formula is C24H35N3O3S. The number of hydrogen-bond acceptors (Lipinski definition) is 6. The minimum Gasteiger partial charge on any atom is -0.486 e. The Morgan fingerprint density at radius 1 is 1.23 bits per heavy atom. The number of thiazole rings is 1. The molecule has 0 saturated carbocycles. The molecule has 1 saturated heterocycles. The lowest BCUT2D eigenvalue weighted by Gasteiger charge is -2.30. The van der Waals surface area contributed by atoms with E-state index in [-0.39, 0.29) is 5.91 Å². The summed E-state index contributed by atoms with van der Waals surface area (Å²) >= 11 is 1.59. The van der Waals surface area contributed by atoms with Crippen LogP contribution in [0, 0.1) is 19.8 Å². The van der Waals surface area contributed by atoms with Gasteiger partial charge in [-0.1, -0.05) is 19.9 Å². The fourth-order valence-corrected chi connectivity index (χ4v) is 4.40. The summed E-state index contributed by atoms with van der Waals surface area (Å²) in [6, 6.07) is 6.22. The second-order valence-electron chi connectivity index (χ2n) is 8.71. The standard InChI is InChI=1S/C24H35N3O3S/c1-18(2)11-24(28)27(6-5-26-7-9-29-10-8-26)15-21-17-31-23(25-21)16-30-22-13-19(3)12-20(4)14-22/h12-14,17-18H,5-11,15-16H2,1-4H3. The molecule has 1 aromatic carbocycles. The molecule has 0 bridgehead atoms. The third kappa shape index (κ3) is 7.91. The lowest BCUT2D eigenvalue weighted by Crippen LogP contribution is -2.43. The van der Waals surface area contributed by atoms with Crippen molar-refractivity contribution in [2.75, 3.05) is 39.4 Å². The first-order chi connectivity index (χ1) is 14.9. The number of hydrogen-bond donors (Lipinski definition) is 0. The van der Waals surface area contributed by atoms with Crippen molar-refractivity contribution in [2.24, 2.45) is 5.92 Å². The van der Waals surface area contributed by atoms with Crippen molar-refractivity contribution >= 4 is 17.2 Å². The van der Waals surface area contributed by atoms with Gasteiger partial charge in [-0.2, -0.15) is 0 Å². The van der Waals surface area contributed by atoms with Gasteiger partial charge in [0.15, 0.2) is 0 Å². The summed E-state index contributed by atoms with van der Waals surface area (Å²) in [6.07, 6.45) is 0.565. The lowest BCUT2D eigenvalue weighted by atomic mass is 10.1. The molecular weight excluding hydrogens is 410 g/mol. The van der Waals surface area contributed by atoms with Crippen LogP contribution in [0.3, 0.4) is 0 Å². The molecule has 2 aromatic rings. The van der Waals surface area contributed by atoms with Gasteiger partial charge in [0, 0.05) is 38.0 Å². The molecule has 2 heterocycles. The highest BCUT2D eigenvalue weighted by Gasteiger charge is 2.19. The number of amides is 1. The van der Waals surface area contributed by atoms with Crippen LogP contribution in [0.5, 0.6) is 5.75 Å². The fourth-order valence-electron chi connectivity index (χ4n) is 3.70. The molecule has 0 atom stereocenters. The molecule has 170 valence electrons. The Morgan fingerprint density at radius 3 is 2.61 bits per heavy atom. The van der Waals surface area contributed by atoms with Gasteiger partial charge in [-0.3, -0.25) is 9.69 Å². The molecule has 0 aliphatic carbocycles. The van der Waals surface area contributed by atoms with Gasteiger partial charge in [-0.15, -0.1) is 11.3 Å². The fraction of sp³-hybridized carbons (Fsp3) is 0.583. The molecule has 6 nitrogen and oxygen atoms in total. The van der Waals surface area contributed by atoms with E-state index in [1.54, 1.807) is 11.3 Å². The molecule has 1 fully saturated rings. The van der Waals surface area contributed by atoms with Crippen LogP contribution in [-0.4, -0.2) is 60.1 Å². The first-order valence-electron chi connectivity index (χ1n) is 11.1. The highest BCUT2D eigenvalue weighted by Crippen LogP contribution is 2.20. The third-order valence-corrected chi connectivity index (χ3v) is 6.11. The van der Waals surface area contributed by atoms with Crippen molar-refractivity contribution in [1.82, 2.24) is 14.8 Å². The molecule has 1 amide bonds. The second kappa shape index (κ2) is 11.6. The van der Waals surface area contributed by atoms with Crippen molar-refractivity contribution in [3.63, 3.8) is 0 Å². The van der Waals surface area contributed by atoms with E-state index in [0.29, 0.717) is 25.5 Å². The van der Waals surface area contributed by atoms with Crippen molar-refractivity contribution < 1.29 is 14.3 Å². The molecule has 1 aliphatic rings. The highest BCUT2D eigenvalue weighted by molar-refractivity contribution is 7.09. The van der Waals surface area contributed by atoms with E-state index < -0.39 is 0 Å². The van der Waals surface area contributed by atoms with Crippen LogP contribution in [0.15, 0.2) is 23.6 Å². The first-order valence-corrected chi connectivity index (χ1v) is 12.0. The van der Waals surface area contributed by atoms with Crippen LogP contribution in [0.4, 0.5) is 0 Å². The van der Waals surface area contributed by atoms with Crippen molar-refractivity contribution in [3.05, 3.63) is 45.4 Å². The van der Waals surface area contributed by atoms with Gasteiger partial charge in [-0.05, 0) is 43.0 Å². The van der Waals surface area contributed by atoms with Crippen LogP contribution in [0.2, 0.25) is 0 Å². The smallest absolute Gasteiger partial charge is 0.223 e. The SMILES string of the molecule is Cc1cc(C)cc(OCc2nc(CN(CCN3CCOCC3)C(=O)CC(C)C)cs2)c1. The summed E-state index contributed by atoms with van der Waals surface area (Å²) in [4.78, 5) is 21.9. The molecule has 7 heteroatoms. The third-order valence-electron chi connectivity index (χ3n) is 5.24. The van der Waals surface area contributed by atoms with Crippen LogP contribution in [-0.2, 0) is 22.7 Å². The number of morpholine rings is 1. The molecule has 3 rings (SSSR count). The number of rotatable bonds is 10. The largest absolute Gasteiger partial charge is 0.486 e. The zero-order valence-electron chi connectivity index (χ0n) is 19.2. The summed E-state index contributed by atoms with van der Waals surface area (Å²) < 4.78 is 11.4. The molecule has 0 unspecified atom stereocenters. The lowest BCUT2D eigenvalue weighted by molar-refractivity contribution is -0.133. The van der Waals surface area contributed by atoms with Gasteiger partial charge in [0.1, 0.15) is 17.4 Å². The van der Waals surface area contributed by atoms with E-state index in [9.17, 15) is 4.79 Å². The Kier molecular flexibility index (Phi) is 8.87. The van der Waals surface area contributed by atoms with Crippen LogP contribution in [0.25, 0.3) is 0 Å². The number of nitrogens with zero attached hydrogens (tertiary/aromatic N) is 3. The summed E-state index contributed by atoms with van der Waals surface area (Å²) in [5.74, 6) is 1.41. The monoisotopic (exact) mass is 445 g/mol. The summed E-state index contributed by atoms with van der Waals surface area (Å²) in [6.45, 7) is 14.3. The van der Waals surface area contributed by atoms with Gasteiger partial charge in [0.2, 0.25) is 5.91 Å². The molecule has 1 aliphatic heterocycles. The number of aryl methyl sites for hydroxylation is 2. The maximum absolute atomic E-state index is 12.8. The van der Waals surface area contributed by atoms with Crippen LogP contribution >= 0.6 is 11.3 Å². The van der Waals surface area contributed by atoms with Gasteiger partial charge in [0.25, 0.3) is 0 Å². The Hall–Kier alpha value is -1.96. The van der Waals surface area contributed by atoms with Crippen molar-refractivity contribution in [3.8, 4) is 5.75 Å². The number of benzene rings is 1. The average molecular weight is 446 g/mol. The van der Waals surface area contributed by atoms with Crippen LogP contribution < -0.4 is 4.74 Å². The minimum atomic E-state index is 0.198. The van der Waals surface area contributed by atoms with Crippen LogP contribution in [0.1, 0.15) is 42.1 Å². The summed E-state index contributed by atoms with van der Waals surface area (Å²) in [7, 11) is 0. The van der Waals surface area contributed by atoms with Gasteiger partial charge in [-0.25, -0.2) is 4.98 Å². The van der Waals surface area contributed by atoms with E-state index in [1.165, 1.54) is 11.1 Å². The number of carbonyl (C=O) groups is 1. The molecule has 0 radical (unpaired) electrons. The topological polar surface area (TPSA) is 54.9 Å². The zero-order chi connectivity index (χ0) is 22.2. The van der Waals surface area contributed by atoms with Gasteiger partial charge < -0.3 is 14.4 Å². The maximum atomic E-state index is 12.8. The molecule has 31 heavy (non-hydrogen) atoms. The predicted octanol–water partition coefficient (Wildman–Crippen LogP) is 4.05. The van der Waals surface area contributed by atoms with Crippen molar-refractivity contribution in [1.29, 1.82) is 0 Å². The summed E-state index contributed by atoms with van der Waals surface area (Å²) in [5.41, 5.74) is 3.31. The molecule has 0 spiro atoms. The molecule has 1 aromatic heterocycles. The van der Waals surface area contributed by atoms with E-state index in [1.807, 2.05) is 22.4 Å². The van der Waals surface area contributed by atoms with E-state index in [4.69, 9.17) is 14.5 Å². The zero-order valence-corrected chi connectivity index (χ0v) is 20.0. The Labute approximate surface area is 190 Å². The number of aromatic nitrogens is 1. The average Bonchev–Trinajstić information content (AvgIpc) is 3.16. The molecule has 0 N–H and O–H groups in total. The van der Waals surface area contributed by atoms with Gasteiger partial charge >= 0.3 is 0 Å². The number of ether oxygens (including phenoxy) is 2. The summed E-state index contributed by atoms with van der Waals surface area (Å²) in [5, 5.41) is 2.98. The highest BCUT2D eigenvalue weighted by atomic mass is 32.1.